The van der Waals surface area contributed by atoms with Gasteiger partial charge in [-0.3, -0.25) is 0 Å². The number of aromatic hydroxyl groups is 2. The Labute approximate surface area is 69.8 Å². The van der Waals surface area contributed by atoms with Crippen molar-refractivity contribution in [3.8, 4) is 11.5 Å². The molecular formula is C6H2ClF3O2. The Morgan fingerprint density at radius 1 is 0.833 bits per heavy atom. The molecule has 0 aliphatic rings. The molecule has 6 heteroatoms. The van der Waals surface area contributed by atoms with E-state index in [-0.39, 0.29) is 0 Å². The lowest BCUT2D eigenvalue weighted by atomic mass is 10.3. The second-order valence-electron chi connectivity index (χ2n) is 1.95. The molecule has 0 aliphatic carbocycles. The molecule has 0 aromatic heterocycles. The van der Waals surface area contributed by atoms with Crippen LogP contribution >= 0.6 is 11.6 Å². The maximum absolute atomic E-state index is 12.5. The summed E-state index contributed by atoms with van der Waals surface area (Å²) in [7, 11) is 0. The molecule has 0 spiro atoms. The minimum atomic E-state index is -1.87. The topological polar surface area (TPSA) is 40.5 Å². The molecule has 0 radical (unpaired) electrons. The lowest BCUT2D eigenvalue weighted by Crippen LogP contribution is -1.91. The molecule has 2 nitrogen and oxygen atoms in total. The van der Waals surface area contributed by atoms with E-state index >= 15 is 0 Å². The van der Waals surface area contributed by atoms with Gasteiger partial charge in [0.15, 0.2) is 17.3 Å². The molecule has 0 heterocycles. The summed E-state index contributed by atoms with van der Waals surface area (Å²) < 4.78 is 37.2. The summed E-state index contributed by atoms with van der Waals surface area (Å²) >= 11 is 4.97. The lowest BCUT2D eigenvalue weighted by molar-refractivity contribution is 0.351. The van der Waals surface area contributed by atoms with Crippen LogP contribution in [0, 0.1) is 17.5 Å². The fourth-order valence-electron chi connectivity index (χ4n) is 0.609. The molecule has 0 bridgehead atoms. The zero-order valence-corrected chi connectivity index (χ0v) is 6.16. The Hall–Kier alpha value is -1.10. The maximum atomic E-state index is 12.5. The van der Waals surface area contributed by atoms with Gasteiger partial charge < -0.3 is 10.2 Å². The lowest BCUT2D eigenvalue weighted by Gasteiger charge is -2.03. The SMILES string of the molecule is Oc1c(F)c(F)c(O)c(Cl)c1F. The fourth-order valence-corrected chi connectivity index (χ4v) is 0.781. The van der Waals surface area contributed by atoms with E-state index < -0.39 is 34.0 Å². The van der Waals surface area contributed by atoms with Gasteiger partial charge in [-0.05, 0) is 0 Å². The van der Waals surface area contributed by atoms with Crippen LogP contribution in [0.25, 0.3) is 0 Å². The van der Waals surface area contributed by atoms with E-state index in [4.69, 9.17) is 21.8 Å². The van der Waals surface area contributed by atoms with Crippen LogP contribution in [0.5, 0.6) is 11.5 Å². The normalized spacial score (nSPS) is 10.3. The van der Waals surface area contributed by atoms with Crippen LogP contribution in [0.1, 0.15) is 0 Å². The first-order valence-electron chi connectivity index (χ1n) is 2.70. The van der Waals surface area contributed by atoms with Gasteiger partial charge in [0.2, 0.25) is 11.6 Å². The molecule has 0 atom stereocenters. The van der Waals surface area contributed by atoms with E-state index in [0.29, 0.717) is 0 Å². The van der Waals surface area contributed by atoms with Gasteiger partial charge in [-0.15, -0.1) is 0 Å². The van der Waals surface area contributed by atoms with E-state index in [9.17, 15) is 13.2 Å². The van der Waals surface area contributed by atoms with Crippen LogP contribution in [-0.4, -0.2) is 10.2 Å². The predicted molar refractivity (Wildman–Crippen MR) is 34.7 cm³/mol. The second kappa shape index (κ2) is 2.75. The monoisotopic (exact) mass is 198 g/mol. The van der Waals surface area contributed by atoms with Crippen molar-refractivity contribution in [1.29, 1.82) is 0 Å². The van der Waals surface area contributed by atoms with Gasteiger partial charge in [-0.25, -0.2) is 4.39 Å². The quantitative estimate of drug-likeness (QED) is 0.495. The number of phenolic OH excluding ortho intramolecular Hbond substituents is 2. The van der Waals surface area contributed by atoms with Crippen molar-refractivity contribution in [2.75, 3.05) is 0 Å². The molecule has 66 valence electrons. The van der Waals surface area contributed by atoms with E-state index in [1.807, 2.05) is 0 Å². The number of phenols is 2. The first kappa shape index (κ1) is 8.99. The molecular weight excluding hydrogens is 197 g/mol. The van der Waals surface area contributed by atoms with Crippen LogP contribution < -0.4 is 0 Å². The zero-order valence-electron chi connectivity index (χ0n) is 5.41. The third-order valence-corrected chi connectivity index (χ3v) is 1.56. The third kappa shape index (κ3) is 1.06. The molecule has 1 aromatic rings. The Kier molecular flexibility index (Phi) is 2.06. The predicted octanol–water partition coefficient (Wildman–Crippen LogP) is 2.17. The van der Waals surface area contributed by atoms with Gasteiger partial charge in [0.25, 0.3) is 0 Å². The van der Waals surface area contributed by atoms with Crippen LogP contribution in [0.3, 0.4) is 0 Å². The fraction of sp³-hybridized carbons (Fsp3) is 0. The summed E-state index contributed by atoms with van der Waals surface area (Å²) in [4.78, 5) is 0. The van der Waals surface area contributed by atoms with Crippen LogP contribution in [0.2, 0.25) is 5.02 Å². The van der Waals surface area contributed by atoms with Crippen molar-refractivity contribution in [2.24, 2.45) is 0 Å². The minimum absolute atomic E-state index is 1.05. The Bertz CT molecular complexity index is 235. The highest BCUT2D eigenvalue weighted by atomic mass is 35.5. The Morgan fingerprint density at radius 2 is 1.25 bits per heavy atom. The number of hydrogen-bond acceptors (Lipinski definition) is 2. The average molecular weight is 199 g/mol. The standard InChI is InChI=1S/C6H2ClF3O2/c7-1-2(8)6(12)4(10)3(9)5(1)11/h11-12H. The van der Waals surface area contributed by atoms with Crippen molar-refractivity contribution in [1.82, 2.24) is 0 Å². The zero-order chi connectivity index (χ0) is 9.46. The van der Waals surface area contributed by atoms with Crippen molar-refractivity contribution in [2.45, 2.75) is 0 Å². The Morgan fingerprint density at radius 3 is 1.75 bits per heavy atom. The summed E-state index contributed by atoms with van der Waals surface area (Å²) in [5, 5.41) is 16.1. The van der Waals surface area contributed by atoms with Gasteiger partial charge in [-0.1, -0.05) is 11.6 Å². The summed E-state index contributed by atoms with van der Waals surface area (Å²) in [5.41, 5.74) is 0. The van der Waals surface area contributed by atoms with Crippen molar-refractivity contribution in [3.05, 3.63) is 22.5 Å². The first-order chi connectivity index (χ1) is 5.46. The molecule has 0 aliphatic heterocycles. The van der Waals surface area contributed by atoms with Crippen LogP contribution in [-0.2, 0) is 0 Å². The summed E-state index contributed by atoms with van der Waals surface area (Å²) in [5.74, 6) is -8.14. The van der Waals surface area contributed by atoms with Gasteiger partial charge in [0.1, 0.15) is 5.02 Å². The van der Waals surface area contributed by atoms with E-state index in [2.05, 4.69) is 0 Å². The van der Waals surface area contributed by atoms with E-state index in [1.54, 1.807) is 0 Å². The van der Waals surface area contributed by atoms with Crippen molar-refractivity contribution in [3.63, 3.8) is 0 Å². The van der Waals surface area contributed by atoms with Gasteiger partial charge in [0, 0.05) is 0 Å². The molecule has 0 unspecified atom stereocenters. The average Bonchev–Trinajstić information content (AvgIpc) is 2.08. The van der Waals surface area contributed by atoms with Crippen molar-refractivity contribution < 1.29 is 23.4 Å². The summed E-state index contributed by atoms with van der Waals surface area (Å²) in [6.07, 6.45) is 0. The van der Waals surface area contributed by atoms with E-state index in [1.165, 1.54) is 0 Å². The molecule has 12 heavy (non-hydrogen) atoms. The third-order valence-electron chi connectivity index (χ3n) is 1.22. The van der Waals surface area contributed by atoms with Gasteiger partial charge in [-0.2, -0.15) is 8.78 Å². The molecule has 1 rings (SSSR count). The maximum Gasteiger partial charge on any atom is 0.207 e. The number of benzene rings is 1. The second-order valence-corrected chi connectivity index (χ2v) is 2.33. The van der Waals surface area contributed by atoms with Crippen LogP contribution in [0.15, 0.2) is 0 Å². The Balaban J connectivity index is 3.60. The molecule has 0 fully saturated rings. The smallest absolute Gasteiger partial charge is 0.207 e. The molecule has 2 N–H and O–H groups in total. The highest BCUT2D eigenvalue weighted by molar-refractivity contribution is 6.32. The largest absolute Gasteiger partial charge is 0.504 e. The van der Waals surface area contributed by atoms with Crippen molar-refractivity contribution >= 4 is 11.6 Å². The number of rotatable bonds is 0. The molecule has 0 saturated heterocycles. The molecule has 0 amide bonds. The van der Waals surface area contributed by atoms with E-state index in [0.717, 1.165) is 0 Å². The van der Waals surface area contributed by atoms with Gasteiger partial charge in [0.05, 0.1) is 0 Å². The number of halogens is 4. The summed E-state index contributed by atoms with van der Waals surface area (Å²) in [6.45, 7) is 0. The van der Waals surface area contributed by atoms with Crippen LogP contribution in [0.4, 0.5) is 13.2 Å². The molecule has 1 aromatic carbocycles. The first-order valence-corrected chi connectivity index (χ1v) is 3.08. The highest BCUT2D eigenvalue weighted by Gasteiger charge is 2.22. The number of hydrogen-bond donors (Lipinski definition) is 2. The summed E-state index contributed by atoms with van der Waals surface area (Å²) in [6, 6.07) is 0. The highest BCUT2D eigenvalue weighted by Crippen LogP contribution is 2.37. The van der Waals surface area contributed by atoms with Gasteiger partial charge >= 0.3 is 0 Å². The minimum Gasteiger partial charge on any atom is -0.504 e. The molecule has 0 saturated carbocycles.